The number of hydroxylamine groups is 2. The van der Waals surface area contributed by atoms with Gasteiger partial charge in [-0.15, -0.1) is 0 Å². The standard InChI is InChI=1S/C12H12F2N6O3/c1-5(2)12(13,14)10(22)20(23)4-6-3-16-8-7(17-6)9(21)19-11(15)18-8/h3,23H,1,4H2,2H3,(H3,15,16,18,19,21). The molecule has 0 fully saturated rings. The van der Waals surface area contributed by atoms with E-state index >= 15 is 0 Å². The van der Waals surface area contributed by atoms with Gasteiger partial charge in [-0.2, -0.15) is 13.8 Å². The summed E-state index contributed by atoms with van der Waals surface area (Å²) in [6.45, 7) is 3.25. The summed E-state index contributed by atoms with van der Waals surface area (Å²) < 4.78 is 27.0. The molecule has 0 atom stereocenters. The highest BCUT2D eigenvalue weighted by atomic mass is 19.3. The molecule has 122 valence electrons. The predicted octanol–water partition coefficient (Wildman–Crippen LogP) is 0.224. The van der Waals surface area contributed by atoms with E-state index in [0.29, 0.717) is 0 Å². The molecule has 1 amide bonds. The SMILES string of the molecule is C=C(C)C(F)(F)C(=O)N(O)Cc1cnc2nc(N)[nH]c(=O)c2n1. The number of fused-ring (bicyclic) bond motifs is 1. The zero-order valence-corrected chi connectivity index (χ0v) is 11.9. The number of nitrogen functional groups attached to an aromatic ring is 1. The van der Waals surface area contributed by atoms with Crippen LogP contribution in [-0.2, 0) is 11.3 Å². The summed E-state index contributed by atoms with van der Waals surface area (Å²) in [4.78, 5) is 36.7. The Morgan fingerprint density at radius 3 is 2.78 bits per heavy atom. The van der Waals surface area contributed by atoms with E-state index in [4.69, 9.17) is 5.73 Å². The number of rotatable bonds is 4. The smallest absolute Gasteiger partial charge is 0.347 e. The Balaban J connectivity index is 2.30. The van der Waals surface area contributed by atoms with Gasteiger partial charge in [0, 0.05) is 0 Å². The number of carbonyl (C=O) groups excluding carboxylic acids is 1. The molecule has 2 aromatic rings. The van der Waals surface area contributed by atoms with Gasteiger partial charge in [0.05, 0.1) is 18.4 Å². The number of amides is 1. The normalized spacial score (nSPS) is 11.5. The number of hydrogen-bond acceptors (Lipinski definition) is 7. The van der Waals surface area contributed by atoms with Crippen LogP contribution in [0.1, 0.15) is 12.6 Å². The van der Waals surface area contributed by atoms with Crippen molar-refractivity contribution in [1.29, 1.82) is 0 Å². The molecule has 2 rings (SSSR count). The summed E-state index contributed by atoms with van der Waals surface area (Å²) in [5, 5.41) is 9.30. The average Bonchev–Trinajstić information content (AvgIpc) is 2.46. The maximum atomic E-state index is 13.5. The number of H-pyrrole nitrogens is 1. The number of halogens is 2. The Hall–Kier alpha value is -2.95. The Kier molecular flexibility index (Phi) is 4.06. The zero-order valence-electron chi connectivity index (χ0n) is 11.9. The largest absolute Gasteiger partial charge is 0.369 e. The molecule has 2 aromatic heterocycles. The van der Waals surface area contributed by atoms with Crippen LogP contribution in [-0.4, -0.2) is 42.0 Å². The van der Waals surface area contributed by atoms with Gasteiger partial charge in [-0.05, 0) is 12.5 Å². The first kappa shape index (κ1) is 16.4. The van der Waals surface area contributed by atoms with Gasteiger partial charge in [0.15, 0.2) is 11.2 Å². The van der Waals surface area contributed by atoms with Crippen molar-refractivity contribution in [2.75, 3.05) is 5.73 Å². The van der Waals surface area contributed by atoms with Crippen LogP contribution in [0.25, 0.3) is 11.2 Å². The zero-order chi connectivity index (χ0) is 17.4. The molecular weight excluding hydrogens is 314 g/mol. The van der Waals surface area contributed by atoms with Gasteiger partial charge >= 0.3 is 11.8 Å². The molecule has 0 aliphatic heterocycles. The van der Waals surface area contributed by atoms with Crippen LogP contribution < -0.4 is 11.3 Å². The number of nitrogens with two attached hydrogens (primary N) is 1. The van der Waals surface area contributed by atoms with E-state index in [1.807, 2.05) is 0 Å². The molecule has 0 spiro atoms. The van der Waals surface area contributed by atoms with Gasteiger partial charge in [-0.3, -0.25) is 19.8 Å². The van der Waals surface area contributed by atoms with Crippen LogP contribution in [0, 0.1) is 0 Å². The maximum absolute atomic E-state index is 13.5. The highest BCUT2D eigenvalue weighted by Gasteiger charge is 2.43. The van der Waals surface area contributed by atoms with Gasteiger partial charge < -0.3 is 5.73 Å². The fourth-order valence-electron chi connectivity index (χ4n) is 1.62. The van der Waals surface area contributed by atoms with Gasteiger partial charge in [0.2, 0.25) is 5.95 Å². The summed E-state index contributed by atoms with van der Waals surface area (Å²) in [5.74, 6) is -5.95. The molecule has 9 nitrogen and oxygen atoms in total. The van der Waals surface area contributed by atoms with Crippen LogP contribution in [0.2, 0.25) is 0 Å². The fraction of sp³-hybridized carbons (Fsp3) is 0.250. The second kappa shape index (κ2) is 5.68. The third-order valence-corrected chi connectivity index (χ3v) is 2.84. The summed E-state index contributed by atoms with van der Waals surface area (Å²) in [6.07, 6.45) is 1.07. The van der Waals surface area contributed by atoms with Crippen molar-refractivity contribution in [1.82, 2.24) is 25.0 Å². The third kappa shape index (κ3) is 3.13. The lowest BCUT2D eigenvalue weighted by Gasteiger charge is -2.21. The van der Waals surface area contributed by atoms with E-state index in [0.717, 1.165) is 13.1 Å². The number of nitrogens with one attached hydrogen (secondary N) is 1. The molecule has 0 bridgehead atoms. The van der Waals surface area contributed by atoms with Crippen LogP contribution in [0.15, 0.2) is 23.1 Å². The highest BCUT2D eigenvalue weighted by Crippen LogP contribution is 2.24. The van der Waals surface area contributed by atoms with Gasteiger partial charge in [-0.1, -0.05) is 6.58 Å². The lowest BCUT2D eigenvalue weighted by Crippen LogP contribution is -2.42. The molecule has 0 unspecified atom stereocenters. The van der Waals surface area contributed by atoms with Crippen molar-refractivity contribution < 1.29 is 18.8 Å². The molecule has 0 radical (unpaired) electrons. The highest BCUT2D eigenvalue weighted by molar-refractivity contribution is 5.85. The quantitative estimate of drug-likeness (QED) is 0.415. The fourth-order valence-corrected chi connectivity index (χ4v) is 1.62. The number of carbonyl (C=O) groups is 1. The molecule has 23 heavy (non-hydrogen) atoms. The second-order valence-corrected chi connectivity index (χ2v) is 4.70. The van der Waals surface area contributed by atoms with E-state index < -0.39 is 29.5 Å². The minimum Gasteiger partial charge on any atom is -0.369 e. The van der Waals surface area contributed by atoms with Crippen LogP contribution in [0.4, 0.5) is 14.7 Å². The lowest BCUT2D eigenvalue weighted by atomic mass is 10.1. The van der Waals surface area contributed by atoms with Crippen molar-refractivity contribution in [3.63, 3.8) is 0 Å². The Morgan fingerprint density at radius 2 is 2.17 bits per heavy atom. The van der Waals surface area contributed by atoms with Crippen LogP contribution >= 0.6 is 0 Å². The molecule has 11 heteroatoms. The van der Waals surface area contributed by atoms with Gasteiger partial charge in [0.25, 0.3) is 5.56 Å². The van der Waals surface area contributed by atoms with Crippen LogP contribution in [0.5, 0.6) is 0 Å². The molecular formula is C12H12F2N6O3. The number of nitrogens with zero attached hydrogens (tertiary/aromatic N) is 4. The molecule has 0 saturated heterocycles. The van der Waals surface area contributed by atoms with E-state index in [1.165, 1.54) is 0 Å². The first-order chi connectivity index (χ1) is 10.6. The molecule has 0 saturated carbocycles. The number of hydrogen-bond donors (Lipinski definition) is 3. The third-order valence-electron chi connectivity index (χ3n) is 2.84. The van der Waals surface area contributed by atoms with E-state index in [-0.39, 0.29) is 27.9 Å². The number of aromatic amines is 1. The van der Waals surface area contributed by atoms with Crippen molar-refractivity contribution in [2.45, 2.75) is 19.4 Å². The predicted molar refractivity (Wildman–Crippen MR) is 74.5 cm³/mol. The summed E-state index contributed by atoms with van der Waals surface area (Å²) in [7, 11) is 0. The lowest BCUT2D eigenvalue weighted by molar-refractivity contribution is -0.189. The number of aromatic nitrogens is 4. The Bertz CT molecular complexity index is 850. The van der Waals surface area contributed by atoms with Crippen molar-refractivity contribution in [3.8, 4) is 0 Å². The van der Waals surface area contributed by atoms with Gasteiger partial charge in [-0.25, -0.2) is 15.0 Å². The second-order valence-electron chi connectivity index (χ2n) is 4.70. The molecule has 0 aliphatic rings. The van der Waals surface area contributed by atoms with Crippen molar-refractivity contribution in [3.05, 3.63) is 34.4 Å². The Labute approximate surface area is 127 Å². The van der Waals surface area contributed by atoms with Crippen molar-refractivity contribution >= 4 is 23.0 Å². The van der Waals surface area contributed by atoms with E-state index in [9.17, 15) is 23.6 Å². The Morgan fingerprint density at radius 1 is 1.52 bits per heavy atom. The van der Waals surface area contributed by atoms with Crippen molar-refractivity contribution in [2.24, 2.45) is 0 Å². The first-order valence-electron chi connectivity index (χ1n) is 6.19. The summed E-state index contributed by atoms with van der Waals surface area (Å²) >= 11 is 0. The van der Waals surface area contributed by atoms with E-state index in [2.05, 4.69) is 26.5 Å². The number of alkyl halides is 2. The maximum Gasteiger partial charge on any atom is 0.347 e. The van der Waals surface area contributed by atoms with Gasteiger partial charge in [0.1, 0.15) is 0 Å². The van der Waals surface area contributed by atoms with E-state index in [1.54, 1.807) is 0 Å². The summed E-state index contributed by atoms with van der Waals surface area (Å²) in [6, 6.07) is 0. The molecule has 0 aliphatic carbocycles. The van der Waals surface area contributed by atoms with Crippen LogP contribution in [0.3, 0.4) is 0 Å². The summed E-state index contributed by atoms with van der Waals surface area (Å²) in [5.41, 5.74) is 3.57. The molecule has 2 heterocycles. The monoisotopic (exact) mass is 326 g/mol. The molecule has 4 N–H and O–H groups in total. The first-order valence-corrected chi connectivity index (χ1v) is 6.19. The average molecular weight is 326 g/mol. The molecule has 0 aromatic carbocycles. The minimum absolute atomic E-state index is 0.0573. The number of anilines is 1. The topological polar surface area (TPSA) is 138 Å². The minimum atomic E-state index is -3.92.